The molecule has 1 N–H and O–H groups in total. The number of benzene rings is 2. The topological polar surface area (TPSA) is 75.7 Å². The minimum absolute atomic E-state index is 0.0630. The predicted octanol–water partition coefficient (Wildman–Crippen LogP) is 3.09. The van der Waals surface area contributed by atoms with Gasteiger partial charge in [-0.2, -0.15) is 0 Å². The molecule has 1 atom stereocenters. The van der Waals surface area contributed by atoms with Crippen LogP contribution in [-0.2, 0) is 10.0 Å². The number of nitrogens with zero attached hydrogens (tertiary/aromatic N) is 1. The first-order valence-corrected chi connectivity index (χ1v) is 9.66. The lowest BCUT2D eigenvalue weighted by Gasteiger charge is -2.18. The Kier molecular flexibility index (Phi) is 6.28. The van der Waals surface area contributed by atoms with Gasteiger partial charge in [0.1, 0.15) is 10.6 Å². The lowest BCUT2D eigenvalue weighted by Crippen LogP contribution is -2.28. The minimum Gasteiger partial charge on any atom is -0.496 e. The van der Waals surface area contributed by atoms with Crippen molar-refractivity contribution < 1.29 is 17.9 Å². The number of hydrogen-bond donors (Lipinski definition) is 1. The van der Waals surface area contributed by atoms with Crippen molar-refractivity contribution in [2.24, 2.45) is 0 Å². The Morgan fingerprint density at radius 1 is 1.19 bits per heavy atom. The van der Waals surface area contributed by atoms with E-state index in [9.17, 15) is 13.2 Å². The molecule has 0 fully saturated rings. The molecule has 0 aromatic heterocycles. The Hall–Kier alpha value is -2.09. The molecule has 0 aliphatic carbocycles. The summed E-state index contributed by atoms with van der Waals surface area (Å²) in [6.45, 7) is 1.82. The molecule has 2 aromatic rings. The van der Waals surface area contributed by atoms with E-state index in [1.165, 1.54) is 32.3 Å². The Morgan fingerprint density at radius 3 is 2.46 bits per heavy atom. The average Bonchev–Trinajstić information content (AvgIpc) is 2.61. The largest absolute Gasteiger partial charge is 0.496 e. The van der Waals surface area contributed by atoms with E-state index in [4.69, 9.17) is 16.3 Å². The molecule has 2 rings (SSSR count). The molecular formula is C18H21ClN2O4S. The predicted molar refractivity (Wildman–Crippen MR) is 101 cm³/mol. The van der Waals surface area contributed by atoms with E-state index in [0.717, 1.165) is 9.87 Å². The summed E-state index contributed by atoms with van der Waals surface area (Å²) >= 11 is 6.02. The van der Waals surface area contributed by atoms with Crippen LogP contribution in [-0.4, -0.2) is 39.8 Å². The van der Waals surface area contributed by atoms with E-state index in [2.05, 4.69) is 5.32 Å². The normalized spacial score (nSPS) is 12.7. The van der Waals surface area contributed by atoms with Gasteiger partial charge < -0.3 is 10.1 Å². The minimum atomic E-state index is -3.75. The van der Waals surface area contributed by atoms with Crippen LogP contribution in [0.2, 0.25) is 5.02 Å². The maximum atomic E-state index is 12.6. The molecule has 0 saturated carbocycles. The SMILES string of the molecule is COc1ccccc1[C@@H](C)NC(=O)c1ccc(Cl)c(S(=O)(=O)N(C)C)c1. The van der Waals surface area contributed by atoms with Crippen molar-refractivity contribution in [3.63, 3.8) is 0 Å². The Labute approximate surface area is 158 Å². The van der Waals surface area contributed by atoms with Crippen LogP contribution in [0.5, 0.6) is 5.75 Å². The standard InChI is InChI=1S/C18H21ClN2O4S/c1-12(14-7-5-6-8-16(14)25-4)20-18(22)13-9-10-15(19)17(11-13)26(23,24)21(2)3/h5-12H,1-4H3,(H,20,22)/t12-/m1/s1. The van der Waals surface area contributed by atoms with Crippen molar-refractivity contribution in [1.82, 2.24) is 9.62 Å². The average molecular weight is 397 g/mol. The smallest absolute Gasteiger partial charge is 0.251 e. The fourth-order valence-electron chi connectivity index (χ4n) is 2.42. The number of carbonyl (C=O) groups is 1. The molecule has 140 valence electrons. The molecule has 1 amide bonds. The molecule has 0 unspecified atom stereocenters. The first-order valence-electron chi connectivity index (χ1n) is 7.84. The fourth-order valence-corrected chi connectivity index (χ4v) is 3.81. The van der Waals surface area contributed by atoms with E-state index in [0.29, 0.717) is 5.75 Å². The van der Waals surface area contributed by atoms with Crippen LogP contribution in [0.1, 0.15) is 28.9 Å². The Balaban J connectivity index is 2.31. The zero-order chi connectivity index (χ0) is 19.5. The van der Waals surface area contributed by atoms with Crippen LogP contribution in [0.15, 0.2) is 47.4 Å². The second-order valence-electron chi connectivity index (χ2n) is 5.87. The van der Waals surface area contributed by atoms with Gasteiger partial charge in [-0.15, -0.1) is 0 Å². The first-order chi connectivity index (χ1) is 12.2. The number of carbonyl (C=O) groups excluding carboxylic acids is 1. The van der Waals surface area contributed by atoms with E-state index in [1.807, 2.05) is 31.2 Å². The van der Waals surface area contributed by atoms with Gasteiger partial charge in [-0.25, -0.2) is 12.7 Å². The number of methoxy groups -OCH3 is 1. The molecule has 0 radical (unpaired) electrons. The van der Waals surface area contributed by atoms with Gasteiger partial charge in [0.25, 0.3) is 5.91 Å². The number of hydrogen-bond acceptors (Lipinski definition) is 4. The van der Waals surface area contributed by atoms with Crippen molar-refractivity contribution in [3.05, 3.63) is 58.6 Å². The number of sulfonamides is 1. The van der Waals surface area contributed by atoms with Crippen molar-refractivity contribution in [3.8, 4) is 5.75 Å². The number of nitrogens with one attached hydrogen (secondary N) is 1. The van der Waals surface area contributed by atoms with Crippen LogP contribution < -0.4 is 10.1 Å². The summed E-state index contributed by atoms with van der Waals surface area (Å²) < 4.78 is 31.1. The number of ether oxygens (including phenoxy) is 1. The Bertz CT molecular complexity index is 913. The van der Waals surface area contributed by atoms with Gasteiger partial charge in [0.15, 0.2) is 0 Å². The Morgan fingerprint density at radius 2 is 1.85 bits per heavy atom. The highest BCUT2D eigenvalue weighted by Crippen LogP contribution is 2.27. The van der Waals surface area contributed by atoms with Gasteiger partial charge in [0, 0.05) is 25.2 Å². The molecule has 0 aliphatic heterocycles. The van der Waals surface area contributed by atoms with Crippen LogP contribution in [0.25, 0.3) is 0 Å². The highest BCUT2D eigenvalue weighted by Gasteiger charge is 2.23. The van der Waals surface area contributed by atoms with E-state index in [1.54, 1.807) is 7.11 Å². The van der Waals surface area contributed by atoms with Crippen molar-refractivity contribution in [2.45, 2.75) is 17.9 Å². The third-order valence-corrected chi connectivity index (χ3v) is 6.20. The van der Waals surface area contributed by atoms with Crippen molar-refractivity contribution in [2.75, 3.05) is 21.2 Å². The molecule has 2 aromatic carbocycles. The molecule has 0 bridgehead atoms. The van der Waals surface area contributed by atoms with Crippen LogP contribution in [0.4, 0.5) is 0 Å². The summed E-state index contributed by atoms with van der Waals surface area (Å²) in [5, 5.41) is 2.91. The van der Waals surface area contributed by atoms with Gasteiger partial charge >= 0.3 is 0 Å². The van der Waals surface area contributed by atoms with Gasteiger partial charge in [-0.1, -0.05) is 29.8 Å². The maximum absolute atomic E-state index is 12.6. The number of rotatable bonds is 6. The van der Waals surface area contributed by atoms with Gasteiger partial charge in [0.2, 0.25) is 10.0 Å². The summed E-state index contributed by atoms with van der Waals surface area (Å²) in [5.41, 5.74) is 1.02. The summed E-state index contributed by atoms with van der Waals surface area (Å²) in [6, 6.07) is 11.2. The third-order valence-electron chi connectivity index (χ3n) is 3.91. The maximum Gasteiger partial charge on any atom is 0.251 e. The number of amides is 1. The summed E-state index contributed by atoms with van der Waals surface area (Å²) in [6.07, 6.45) is 0. The molecule has 0 aliphatic rings. The fraction of sp³-hybridized carbons (Fsp3) is 0.278. The molecule has 0 heterocycles. The monoisotopic (exact) mass is 396 g/mol. The quantitative estimate of drug-likeness (QED) is 0.814. The highest BCUT2D eigenvalue weighted by molar-refractivity contribution is 7.89. The summed E-state index contributed by atoms with van der Waals surface area (Å²) in [7, 11) is 0.617. The summed E-state index contributed by atoms with van der Waals surface area (Å²) in [5.74, 6) is 0.252. The molecule has 6 nitrogen and oxygen atoms in total. The molecule has 0 spiro atoms. The lowest BCUT2D eigenvalue weighted by molar-refractivity contribution is 0.0939. The zero-order valence-electron chi connectivity index (χ0n) is 15.0. The third kappa shape index (κ3) is 4.17. The van der Waals surface area contributed by atoms with Crippen molar-refractivity contribution in [1.29, 1.82) is 0 Å². The highest BCUT2D eigenvalue weighted by atomic mass is 35.5. The molecule has 8 heteroatoms. The van der Waals surface area contributed by atoms with Crippen LogP contribution in [0.3, 0.4) is 0 Å². The summed E-state index contributed by atoms with van der Waals surface area (Å²) in [4.78, 5) is 12.5. The van der Waals surface area contributed by atoms with E-state index in [-0.39, 0.29) is 21.5 Å². The molecule has 26 heavy (non-hydrogen) atoms. The second kappa shape index (κ2) is 8.07. The molecular weight excluding hydrogens is 376 g/mol. The van der Waals surface area contributed by atoms with Gasteiger partial charge in [0.05, 0.1) is 18.2 Å². The first kappa shape index (κ1) is 20.2. The lowest BCUT2D eigenvalue weighted by atomic mass is 10.1. The van der Waals surface area contributed by atoms with Crippen molar-refractivity contribution >= 4 is 27.5 Å². The zero-order valence-corrected chi connectivity index (χ0v) is 16.6. The van der Waals surface area contributed by atoms with Crippen LogP contribution in [0, 0.1) is 0 Å². The van der Waals surface area contributed by atoms with E-state index < -0.39 is 15.9 Å². The van der Waals surface area contributed by atoms with Gasteiger partial charge in [-0.05, 0) is 31.2 Å². The second-order valence-corrected chi connectivity index (χ2v) is 8.40. The van der Waals surface area contributed by atoms with E-state index >= 15 is 0 Å². The number of para-hydroxylation sites is 1. The van der Waals surface area contributed by atoms with Gasteiger partial charge in [-0.3, -0.25) is 4.79 Å². The molecule has 0 saturated heterocycles. The number of halogens is 1. The van der Waals surface area contributed by atoms with Crippen LogP contribution >= 0.6 is 11.6 Å².